The molecule has 0 bridgehead atoms. The lowest BCUT2D eigenvalue weighted by molar-refractivity contribution is -0.117. The summed E-state index contributed by atoms with van der Waals surface area (Å²) in [5.41, 5.74) is -0.865. The Labute approximate surface area is 130 Å². The van der Waals surface area contributed by atoms with Crippen molar-refractivity contribution in [3.05, 3.63) is 24.3 Å². The van der Waals surface area contributed by atoms with E-state index >= 15 is 0 Å². The number of unbranched alkanes of at least 4 members (excludes halogenated alkanes) is 7. The molecule has 0 aromatic rings. The SMILES string of the molecule is CCCCCCCCC/C=C/C=C/C(=O)NCC(C)(C)O. The second-order valence-electron chi connectivity index (χ2n) is 6.23. The highest BCUT2D eigenvalue weighted by Crippen LogP contribution is 2.08. The molecule has 3 heteroatoms. The van der Waals surface area contributed by atoms with Gasteiger partial charge in [-0.05, 0) is 26.7 Å². The van der Waals surface area contributed by atoms with Crippen LogP contribution < -0.4 is 5.32 Å². The molecule has 0 saturated heterocycles. The summed E-state index contributed by atoms with van der Waals surface area (Å²) in [6.07, 6.45) is 17.6. The van der Waals surface area contributed by atoms with Gasteiger partial charge < -0.3 is 10.4 Å². The molecule has 0 spiro atoms. The molecule has 122 valence electrons. The van der Waals surface area contributed by atoms with Crippen molar-refractivity contribution in [3.8, 4) is 0 Å². The van der Waals surface area contributed by atoms with E-state index in [1.54, 1.807) is 19.9 Å². The van der Waals surface area contributed by atoms with Gasteiger partial charge in [0, 0.05) is 12.6 Å². The van der Waals surface area contributed by atoms with E-state index in [9.17, 15) is 9.90 Å². The third kappa shape index (κ3) is 16.9. The average molecular weight is 295 g/mol. The van der Waals surface area contributed by atoms with Crippen LogP contribution in [0.3, 0.4) is 0 Å². The summed E-state index contributed by atoms with van der Waals surface area (Å²) >= 11 is 0. The Morgan fingerprint density at radius 2 is 1.67 bits per heavy atom. The van der Waals surface area contributed by atoms with Crippen LogP contribution in [0.5, 0.6) is 0 Å². The molecule has 1 amide bonds. The van der Waals surface area contributed by atoms with Crippen LogP contribution in [-0.2, 0) is 4.79 Å². The number of amides is 1. The molecule has 0 radical (unpaired) electrons. The standard InChI is InChI=1S/C18H33NO2/c1-4-5-6-7-8-9-10-11-12-13-14-15-17(20)19-16-18(2,3)21/h12-15,21H,4-11,16H2,1-3H3,(H,19,20)/b13-12+,15-14+. The molecular weight excluding hydrogens is 262 g/mol. The van der Waals surface area contributed by atoms with Gasteiger partial charge in [0.2, 0.25) is 5.91 Å². The lowest BCUT2D eigenvalue weighted by atomic mass is 10.1. The quantitative estimate of drug-likeness (QED) is 0.323. The molecule has 0 aliphatic carbocycles. The van der Waals surface area contributed by atoms with Gasteiger partial charge in [0.05, 0.1) is 5.60 Å². The number of carbonyl (C=O) groups is 1. The Balaban J connectivity index is 3.50. The van der Waals surface area contributed by atoms with Crippen LogP contribution in [0.15, 0.2) is 24.3 Å². The predicted octanol–water partition coefficient (Wildman–Crippen LogP) is 4.13. The van der Waals surface area contributed by atoms with Gasteiger partial charge in [-0.1, -0.05) is 63.7 Å². The topological polar surface area (TPSA) is 49.3 Å². The molecule has 0 fully saturated rings. The van der Waals surface area contributed by atoms with Gasteiger partial charge in [0.1, 0.15) is 0 Å². The van der Waals surface area contributed by atoms with E-state index in [1.165, 1.54) is 51.0 Å². The van der Waals surface area contributed by atoms with Crippen molar-refractivity contribution >= 4 is 5.91 Å². The summed E-state index contributed by atoms with van der Waals surface area (Å²) in [6, 6.07) is 0. The first-order valence-electron chi connectivity index (χ1n) is 8.29. The largest absolute Gasteiger partial charge is 0.389 e. The number of nitrogens with one attached hydrogen (secondary N) is 1. The second-order valence-corrected chi connectivity index (χ2v) is 6.23. The van der Waals surface area contributed by atoms with Gasteiger partial charge in [-0.15, -0.1) is 0 Å². The van der Waals surface area contributed by atoms with Gasteiger partial charge in [0.15, 0.2) is 0 Å². The van der Waals surface area contributed by atoms with E-state index in [0.29, 0.717) is 0 Å². The fourth-order valence-electron chi connectivity index (χ4n) is 1.90. The Hall–Kier alpha value is -1.09. The van der Waals surface area contributed by atoms with Crippen molar-refractivity contribution in [3.63, 3.8) is 0 Å². The molecule has 0 atom stereocenters. The van der Waals surface area contributed by atoms with Gasteiger partial charge in [-0.25, -0.2) is 0 Å². The van der Waals surface area contributed by atoms with Crippen molar-refractivity contribution in [1.29, 1.82) is 0 Å². The third-order valence-electron chi connectivity index (χ3n) is 3.16. The number of carbonyl (C=O) groups excluding carboxylic acids is 1. The third-order valence-corrected chi connectivity index (χ3v) is 3.16. The lowest BCUT2D eigenvalue weighted by Crippen LogP contribution is -2.37. The lowest BCUT2D eigenvalue weighted by Gasteiger charge is -2.16. The van der Waals surface area contributed by atoms with Crippen LogP contribution in [0.2, 0.25) is 0 Å². The molecule has 0 rings (SSSR count). The molecule has 3 nitrogen and oxygen atoms in total. The average Bonchev–Trinajstić information content (AvgIpc) is 2.42. The molecular formula is C18H33NO2. The van der Waals surface area contributed by atoms with Crippen molar-refractivity contribution in [1.82, 2.24) is 5.32 Å². The molecule has 0 aliphatic heterocycles. The molecule has 0 saturated carbocycles. The maximum Gasteiger partial charge on any atom is 0.244 e. The molecule has 2 N–H and O–H groups in total. The van der Waals surface area contributed by atoms with Crippen LogP contribution in [0.1, 0.15) is 72.1 Å². The van der Waals surface area contributed by atoms with Crippen LogP contribution in [-0.4, -0.2) is 23.2 Å². The van der Waals surface area contributed by atoms with E-state index in [2.05, 4.69) is 18.3 Å². The van der Waals surface area contributed by atoms with E-state index in [-0.39, 0.29) is 12.5 Å². The number of rotatable bonds is 12. The minimum atomic E-state index is -0.865. The highest BCUT2D eigenvalue weighted by molar-refractivity contribution is 5.87. The van der Waals surface area contributed by atoms with Gasteiger partial charge >= 0.3 is 0 Å². The zero-order chi connectivity index (χ0) is 16.0. The normalized spacial score (nSPS) is 12.4. The minimum Gasteiger partial charge on any atom is -0.389 e. The summed E-state index contributed by atoms with van der Waals surface area (Å²) in [7, 11) is 0. The maximum absolute atomic E-state index is 11.4. The smallest absolute Gasteiger partial charge is 0.244 e. The van der Waals surface area contributed by atoms with Gasteiger partial charge in [-0.2, -0.15) is 0 Å². The zero-order valence-corrected chi connectivity index (χ0v) is 14.0. The van der Waals surface area contributed by atoms with Crippen LogP contribution in [0.4, 0.5) is 0 Å². The Kier molecular flexibility index (Phi) is 12.0. The maximum atomic E-state index is 11.4. The number of aliphatic hydroxyl groups is 1. The Morgan fingerprint density at radius 1 is 1.05 bits per heavy atom. The minimum absolute atomic E-state index is 0.169. The number of hydrogen-bond donors (Lipinski definition) is 2. The monoisotopic (exact) mass is 295 g/mol. The van der Waals surface area contributed by atoms with Crippen molar-refractivity contribution in [2.75, 3.05) is 6.54 Å². The van der Waals surface area contributed by atoms with Crippen molar-refractivity contribution in [2.24, 2.45) is 0 Å². The number of allylic oxidation sites excluding steroid dienone is 3. The number of hydrogen-bond acceptors (Lipinski definition) is 2. The molecule has 21 heavy (non-hydrogen) atoms. The highest BCUT2D eigenvalue weighted by atomic mass is 16.3. The van der Waals surface area contributed by atoms with Crippen molar-refractivity contribution in [2.45, 2.75) is 77.7 Å². The van der Waals surface area contributed by atoms with Gasteiger partial charge in [0.25, 0.3) is 0 Å². The molecule has 0 unspecified atom stereocenters. The van der Waals surface area contributed by atoms with Crippen LogP contribution in [0, 0.1) is 0 Å². The van der Waals surface area contributed by atoms with E-state index in [1.807, 2.05) is 6.08 Å². The second kappa shape index (κ2) is 12.6. The molecule has 0 aliphatic rings. The Bertz CT molecular complexity index is 314. The summed E-state index contributed by atoms with van der Waals surface area (Å²) < 4.78 is 0. The summed E-state index contributed by atoms with van der Waals surface area (Å²) in [5, 5.41) is 12.1. The first kappa shape index (κ1) is 19.9. The summed E-state index contributed by atoms with van der Waals surface area (Å²) in [4.78, 5) is 11.4. The molecule has 0 heterocycles. The molecule has 0 aromatic carbocycles. The first-order chi connectivity index (χ1) is 9.95. The van der Waals surface area contributed by atoms with Gasteiger partial charge in [-0.3, -0.25) is 4.79 Å². The highest BCUT2D eigenvalue weighted by Gasteiger charge is 2.12. The summed E-state index contributed by atoms with van der Waals surface area (Å²) in [5.74, 6) is -0.169. The van der Waals surface area contributed by atoms with Crippen LogP contribution >= 0.6 is 0 Å². The van der Waals surface area contributed by atoms with E-state index < -0.39 is 5.60 Å². The zero-order valence-electron chi connectivity index (χ0n) is 14.0. The van der Waals surface area contributed by atoms with Crippen LogP contribution in [0.25, 0.3) is 0 Å². The van der Waals surface area contributed by atoms with E-state index in [4.69, 9.17) is 0 Å². The molecule has 0 aromatic heterocycles. The fourth-order valence-corrected chi connectivity index (χ4v) is 1.90. The Morgan fingerprint density at radius 3 is 2.29 bits per heavy atom. The van der Waals surface area contributed by atoms with E-state index in [0.717, 1.165) is 6.42 Å². The predicted molar refractivity (Wildman–Crippen MR) is 90.2 cm³/mol. The fraction of sp³-hybridized carbons (Fsp3) is 0.722. The first-order valence-corrected chi connectivity index (χ1v) is 8.29. The van der Waals surface area contributed by atoms with Crippen molar-refractivity contribution < 1.29 is 9.90 Å². The summed E-state index contributed by atoms with van der Waals surface area (Å²) in [6.45, 7) is 5.83.